The summed E-state index contributed by atoms with van der Waals surface area (Å²) >= 11 is 0. The van der Waals surface area contributed by atoms with Crippen LogP contribution < -0.4 is 0 Å². The van der Waals surface area contributed by atoms with E-state index in [1.54, 1.807) is 13.8 Å². The van der Waals surface area contributed by atoms with Gasteiger partial charge >= 0.3 is 71.6 Å². The van der Waals surface area contributed by atoms with Crippen LogP contribution in [0, 0.1) is 35.5 Å². The Morgan fingerprint density at radius 2 is 0.512 bits per heavy atom. The van der Waals surface area contributed by atoms with Crippen molar-refractivity contribution in [3.8, 4) is 0 Å². The van der Waals surface area contributed by atoms with Crippen molar-refractivity contribution < 1.29 is 143 Å². The number of Topliss-reactive ketones (excluding diaryl/α,β-unsaturated/α-hetero) is 6. The van der Waals surface area contributed by atoms with Gasteiger partial charge in [0.1, 0.15) is 110 Å². The lowest BCUT2D eigenvalue weighted by Crippen LogP contribution is -2.37. The number of rotatable bonds is 45. The molecule has 30 nitrogen and oxygen atoms in total. The maximum Gasteiger partial charge on any atom is 0.317 e. The van der Waals surface area contributed by atoms with Crippen LogP contribution >= 0.6 is 0 Å². The molecule has 0 N–H and O–H groups in total. The standard InChI is InChI=1S/C56H78O30/c1-11-13-45(63)75-23-24-76-47(65)19-15-41(35(7)59)53(71)79-27-39(25-77-51(69)31(3)33(5)57)85-55(73)43(37(9)61)17-21-49(67)83-30-84-50(68)22-18-44(38(10)62)56(74)86-40(26-78-52(70)32(4)34(6)58)28-80-54(72)42(36(8)60)16-20-48(66)82-29-81-46(64)14-12-2/h31-32,39-44H,11-30H2,1-10H3. The third-order valence-electron chi connectivity index (χ3n) is 12.2. The fourth-order valence-corrected chi connectivity index (χ4v) is 6.68. The zero-order valence-electron chi connectivity index (χ0n) is 50.0. The fourth-order valence-electron chi connectivity index (χ4n) is 6.68. The van der Waals surface area contributed by atoms with Crippen LogP contribution in [0.25, 0.3) is 0 Å². The Morgan fingerprint density at radius 1 is 0.279 bits per heavy atom. The lowest BCUT2D eigenvalue weighted by Gasteiger charge is -2.22. The summed E-state index contributed by atoms with van der Waals surface area (Å²) in [7, 11) is 0. The molecular weight excluding hydrogens is 1150 g/mol. The molecule has 8 atom stereocenters. The van der Waals surface area contributed by atoms with Crippen LogP contribution in [-0.4, -0.2) is 172 Å². The van der Waals surface area contributed by atoms with Gasteiger partial charge in [0, 0.05) is 38.5 Å². The molecule has 0 bridgehead atoms. The van der Waals surface area contributed by atoms with E-state index in [0.29, 0.717) is 12.8 Å². The van der Waals surface area contributed by atoms with Gasteiger partial charge < -0.3 is 56.8 Å². The maximum atomic E-state index is 13.4. The first kappa shape index (κ1) is 77.7. The molecule has 482 valence electrons. The second-order valence-electron chi connectivity index (χ2n) is 19.4. The fraction of sp³-hybridized carbons (Fsp3) is 0.679. The van der Waals surface area contributed by atoms with Gasteiger partial charge in [-0.2, -0.15) is 0 Å². The molecule has 0 radical (unpaired) electrons. The topological polar surface area (TPSA) is 418 Å². The van der Waals surface area contributed by atoms with Crippen molar-refractivity contribution in [2.24, 2.45) is 35.5 Å². The Bertz CT molecular complexity index is 2420. The molecule has 0 amide bonds. The van der Waals surface area contributed by atoms with Crippen molar-refractivity contribution in [3.05, 3.63) is 0 Å². The van der Waals surface area contributed by atoms with Crippen LogP contribution in [0.15, 0.2) is 0 Å². The minimum absolute atomic E-state index is 0.0776. The summed E-state index contributed by atoms with van der Waals surface area (Å²) in [4.78, 5) is 224. The molecule has 0 spiro atoms. The van der Waals surface area contributed by atoms with Gasteiger partial charge in [0.05, 0.1) is 0 Å². The van der Waals surface area contributed by atoms with Gasteiger partial charge in [-0.15, -0.1) is 0 Å². The van der Waals surface area contributed by atoms with E-state index in [0.717, 1.165) is 41.5 Å². The molecule has 0 rings (SSSR count). The van der Waals surface area contributed by atoms with E-state index in [1.807, 2.05) is 0 Å². The van der Waals surface area contributed by atoms with Gasteiger partial charge in [-0.3, -0.25) is 86.3 Å². The highest BCUT2D eigenvalue weighted by molar-refractivity contribution is 6.01. The van der Waals surface area contributed by atoms with Crippen molar-refractivity contribution in [2.75, 3.05) is 53.2 Å². The first-order valence-corrected chi connectivity index (χ1v) is 27.4. The lowest BCUT2D eigenvalue weighted by molar-refractivity contribution is -0.175. The van der Waals surface area contributed by atoms with Crippen molar-refractivity contribution in [3.63, 3.8) is 0 Å². The number of carbonyl (C=O) groups excluding carboxylic acids is 18. The molecule has 0 aliphatic carbocycles. The van der Waals surface area contributed by atoms with E-state index in [4.69, 9.17) is 56.8 Å². The number of carbonyl (C=O) groups is 18. The lowest BCUT2D eigenvalue weighted by atomic mass is 9.99. The van der Waals surface area contributed by atoms with E-state index in [1.165, 1.54) is 13.8 Å². The normalized spacial score (nSPS) is 13.5. The summed E-state index contributed by atoms with van der Waals surface area (Å²) < 4.78 is 60.3. The molecule has 0 saturated carbocycles. The van der Waals surface area contributed by atoms with Crippen LogP contribution in [0.4, 0.5) is 0 Å². The van der Waals surface area contributed by atoms with Crippen LogP contribution in [0.2, 0.25) is 0 Å². The molecule has 0 fully saturated rings. The van der Waals surface area contributed by atoms with Crippen molar-refractivity contribution in [1.82, 2.24) is 0 Å². The quantitative estimate of drug-likeness (QED) is 0.0277. The molecule has 86 heavy (non-hydrogen) atoms. The minimum atomic E-state index is -1.71. The Balaban J connectivity index is 5.75. The molecule has 0 aromatic carbocycles. The zero-order chi connectivity index (χ0) is 65.6. The summed E-state index contributed by atoms with van der Waals surface area (Å²) in [6.07, 6.45) is -6.37. The van der Waals surface area contributed by atoms with Gasteiger partial charge in [0.15, 0.2) is 12.2 Å². The Kier molecular flexibility index (Phi) is 38.3. The van der Waals surface area contributed by atoms with E-state index in [2.05, 4.69) is 0 Å². The SMILES string of the molecule is CCCC(=O)OCCOC(=O)CCC(C(C)=O)C(=O)OCC(COC(=O)C(C)C(C)=O)OC(=O)C(CCC(=O)OCOC(=O)CCC(C(C)=O)C(=O)OC(COC(=O)C(C)C(C)=O)COC(=O)C(CCC(=O)OCOC(=O)CCC)C(C)=O)C(C)=O. The van der Waals surface area contributed by atoms with E-state index < -0.39 is 245 Å². The molecule has 8 unspecified atom stereocenters. The molecule has 0 heterocycles. The van der Waals surface area contributed by atoms with Crippen LogP contribution in [0.3, 0.4) is 0 Å². The Morgan fingerprint density at radius 3 is 0.767 bits per heavy atom. The number of hydrogen-bond donors (Lipinski definition) is 0. The van der Waals surface area contributed by atoms with Crippen molar-refractivity contribution >= 4 is 106 Å². The summed E-state index contributed by atoms with van der Waals surface area (Å²) in [5, 5.41) is 0. The van der Waals surface area contributed by atoms with Gasteiger partial charge in [-0.1, -0.05) is 13.8 Å². The smallest absolute Gasteiger partial charge is 0.317 e. The number of ether oxygens (including phenoxy) is 12. The molecule has 0 aliphatic heterocycles. The third-order valence-corrected chi connectivity index (χ3v) is 12.2. The highest BCUT2D eigenvalue weighted by Gasteiger charge is 2.35. The predicted molar refractivity (Wildman–Crippen MR) is 283 cm³/mol. The third kappa shape index (κ3) is 33.2. The molecule has 0 aromatic heterocycles. The first-order chi connectivity index (χ1) is 40.4. The first-order valence-electron chi connectivity index (χ1n) is 27.4. The molecule has 0 saturated heterocycles. The molecule has 0 aliphatic rings. The second kappa shape index (κ2) is 42.5. The number of ketones is 6. The van der Waals surface area contributed by atoms with Crippen molar-refractivity contribution in [1.29, 1.82) is 0 Å². The molecule has 0 aromatic rings. The van der Waals surface area contributed by atoms with E-state index in [-0.39, 0.29) is 26.1 Å². The Hall–Kier alpha value is -8.34. The monoisotopic (exact) mass is 1230 g/mol. The van der Waals surface area contributed by atoms with Crippen LogP contribution in [0.5, 0.6) is 0 Å². The van der Waals surface area contributed by atoms with Crippen molar-refractivity contribution in [2.45, 2.75) is 158 Å². The minimum Gasteiger partial charge on any atom is -0.462 e. The highest BCUT2D eigenvalue weighted by Crippen LogP contribution is 2.19. The number of esters is 12. The van der Waals surface area contributed by atoms with Gasteiger partial charge in [0.2, 0.25) is 13.6 Å². The predicted octanol–water partition coefficient (Wildman–Crippen LogP) is 2.15. The zero-order valence-corrected chi connectivity index (χ0v) is 50.0. The van der Waals surface area contributed by atoms with E-state index in [9.17, 15) is 86.3 Å². The maximum absolute atomic E-state index is 13.4. The van der Waals surface area contributed by atoms with Crippen LogP contribution in [-0.2, 0) is 143 Å². The van der Waals surface area contributed by atoms with E-state index >= 15 is 0 Å². The number of hydrogen-bond acceptors (Lipinski definition) is 30. The summed E-state index contributed by atoms with van der Waals surface area (Å²) in [6, 6.07) is 0. The average molecular weight is 1230 g/mol. The largest absolute Gasteiger partial charge is 0.462 e. The Labute approximate surface area is 495 Å². The van der Waals surface area contributed by atoms with Gasteiger partial charge in [0.25, 0.3) is 0 Å². The summed E-state index contributed by atoms with van der Waals surface area (Å²) in [6.45, 7) is 6.39. The van der Waals surface area contributed by atoms with Gasteiger partial charge in [-0.25, -0.2) is 0 Å². The average Bonchev–Trinajstić information content (AvgIpc) is 3.64. The molecular formula is C56H78O30. The summed E-state index contributed by atoms with van der Waals surface area (Å²) in [5.41, 5.74) is 0. The van der Waals surface area contributed by atoms with Crippen LogP contribution in [0.1, 0.15) is 146 Å². The van der Waals surface area contributed by atoms with Gasteiger partial charge in [-0.05, 0) is 93.9 Å². The summed E-state index contributed by atoms with van der Waals surface area (Å²) in [5.74, 6) is -25.7. The highest BCUT2D eigenvalue weighted by atomic mass is 16.7. The molecule has 30 heteroatoms. The second-order valence-corrected chi connectivity index (χ2v) is 19.4.